The SMILES string of the molecule is CCCCCCCCCCCC1=[N+](Cc2ccc(F)c(F)c2)CCc2c1ccc(OC)c2OCCCCCCCC.[I-]. The fraction of sp³-hybridized carbons (Fsp3) is 0.639. The first-order valence-corrected chi connectivity index (χ1v) is 16.5. The fourth-order valence-electron chi connectivity index (χ4n) is 5.98. The molecule has 2 aromatic carbocycles. The minimum absolute atomic E-state index is 0. The van der Waals surface area contributed by atoms with E-state index in [1.54, 1.807) is 13.2 Å². The molecule has 0 aliphatic carbocycles. The third-order valence-electron chi connectivity index (χ3n) is 8.39. The van der Waals surface area contributed by atoms with Gasteiger partial charge in [0.15, 0.2) is 35.4 Å². The van der Waals surface area contributed by atoms with Gasteiger partial charge in [0.05, 0.1) is 13.7 Å². The van der Waals surface area contributed by atoms with Crippen molar-refractivity contribution in [1.82, 2.24) is 0 Å². The van der Waals surface area contributed by atoms with Crippen molar-refractivity contribution in [2.75, 3.05) is 20.3 Å². The van der Waals surface area contributed by atoms with Crippen molar-refractivity contribution in [2.45, 2.75) is 130 Å². The molecule has 3 rings (SSSR count). The molecule has 6 heteroatoms. The van der Waals surface area contributed by atoms with Gasteiger partial charge < -0.3 is 33.5 Å². The molecule has 0 bridgehead atoms. The summed E-state index contributed by atoms with van der Waals surface area (Å²) >= 11 is 0. The number of halogens is 3. The number of nitrogens with zero attached hydrogens (tertiary/aromatic N) is 1. The van der Waals surface area contributed by atoms with Gasteiger partial charge in [-0.2, -0.15) is 0 Å². The van der Waals surface area contributed by atoms with Gasteiger partial charge in [0.1, 0.15) is 6.54 Å². The van der Waals surface area contributed by atoms with Gasteiger partial charge >= 0.3 is 0 Å². The number of benzene rings is 2. The van der Waals surface area contributed by atoms with E-state index in [4.69, 9.17) is 9.47 Å². The molecule has 0 saturated heterocycles. The monoisotopic (exact) mass is 697 g/mol. The molecule has 0 unspecified atom stereocenters. The van der Waals surface area contributed by atoms with Crippen LogP contribution in [0, 0.1) is 11.6 Å². The van der Waals surface area contributed by atoms with Gasteiger partial charge in [-0.15, -0.1) is 0 Å². The van der Waals surface area contributed by atoms with Crippen LogP contribution in [0.3, 0.4) is 0 Å². The first-order valence-electron chi connectivity index (χ1n) is 16.5. The summed E-state index contributed by atoms with van der Waals surface area (Å²) < 4.78 is 42.2. The maximum atomic E-state index is 14.0. The number of ether oxygens (including phenoxy) is 2. The van der Waals surface area contributed by atoms with Crippen molar-refractivity contribution in [3.05, 3.63) is 58.7 Å². The Morgan fingerprint density at radius 2 is 1.36 bits per heavy atom. The lowest BCUT2D eigenvalue weighted by molar-refractivity contribution is -0.545. The first-order chi connectivity index (χ1) is 20.1. The molecule has 0 amide bonds. The number of unbranched alkanes of at least 4 members (excludes halogenated alkanes) is 13. The van der Waals surface area contributed by atoms with Crippen LogP contribution in [0.15, 0.2) is 30.3 Å². The van der Waals surface area contributed by atoms with E-state index >= 15 is 0 Å². The molecular weight excluding hydrogens is 643 g/mol. The standard InChI is InChI=1S/C36H54F2NO2.HI/c1-4-6-8-10-12-13-14-15-17-19-34-30-21-23-35(40-3)36(41-26-18-16-11-9-7-5-2)31(30)24-25-39(34)28-29-20-22-32(37)33(38)27-29;/h20-23,27H,4-19,24-26,28H2,1-3H3;1H/q+1;/p-1. The van der Waals surface area contributed by atoms with Crippen LogP contribution in [0.25, 0.3) is 0 Å². The molecule has 236 valence electrons. The second-order valence-electron chi connectivity index (χ2n) is 11.7. The molecule has 0 saturated carbocycles. The number of methoxy groups -OCH3 is 1. The van der Waals surface area contributed by atoms with Gasteiger partial charge in [-0.05, 0) is 43.2 Å². The minimum atomic E-state index is -0.795. The van der Waals surface area contributed by atoms with E-state index < -0.39 is 11.6 Å². The van der Waals surface area contributed by atoms with E-state index in [-0.39, 0.29) is 24.0 Å². The highest BCUT2D eigenvalue weighted by Gasteiger charge is 2.30. The summed E-state index contributed by atoms with van der Waals surface area (Å²) in [6.07, 6.45) is 20.8. The van der Waals surface area contributed by atoms with Crippen LogP contribution in [0.2, 0.25) is 0 Å². The smallest absolute Gasteiger partial charge is 0.184 e. The minimum Gasteiger partial charge on any atom is -1.00 e. The van der Waals surface area contributed by atoms with Crippen molar-refractivity contribution >= 4 is 5.71 Å². The van der Waals surface area contributed by atoms with Crippen LogP contribution in [-0.4, -0.2) is 30.5 Å². The quantitative estimate of drug-likeness (QED) is 0.0783. The van der Waals surface area contributed by atoms with Crippen molar-refractivity contribution in [1.29, 1.82) is 0 Å². The zero-order chi connectivity index (χ0) is 29.3. The van der Waals surface area contributed by atoms with E-state index in [0.29, 0.717) is 13.2 Å². The van der Waals surface area contributed by atoms with E-state index in [1.165, 1.54) is 112 Å². The highest BCUT2D eigenvalue weighted by Crippen LogP contribution is 2.37. The Labute approximate surface area is 271 Å². The Bertz CT molecular complexity index is 1090. The molecule has 0 radical (unpaired) electrons. The lowest BCUT2D eigenvalue weighted by atomic mass is 9.91. The van der Waals surface area contributed by atoms with E-state index in [1.807, 2.05) is 6.07 Å². The van der Waals surface area contributed by atoms with Crippen molar-refractivity contribution in [3.63, 3.8) is 0 Å². The number of rotatable bonds is 21. The molecule has 1 aliphatic rings. The molecule has 1 aliphatic heterocycles. The zero-order valence-corrected chi connectivity index (χ0v) is 28.6. The van der Waals surface area contributed by atoms with Crippen LogP contribution in [0.4, 0.5) is 8.78 Å². The van der Waals surface area contributed by atoms with E-state index in [9.17, 15) is 8.78 Å². The first kappa shape index (κ1) is 36.5. The average Bonchev–Trinajstić information content (AvgIpc) is 2.98. The number of hydrogen-bond donors (Lipinski definition) is 0. The van der Waals surface area contributed by atoms with Gasteiger partial charge in [-0.1, -0.05) is 97.3 Å². The Morgan fingerprint density at radius 1 is 0.738 bits per heavy atom. The Morgan fingerprint density at radius 3 is 1.98 bits per heavy atom. The summed E-state index contributed by atoms with van der Waals surface area (Å²) in [5, 5.41) is 0. The normalized spacial score (nSPS) is 12.7. The van der Waals surface area contributed by atoms with E-state index in [2.05, 4.69) is 24.5 Å². The second-order valence-corrected chi connectivity index (χ2v) is 11.7. The van der Waals surface area contributed by atoms with Crippen LogP contribution >= 0.6 is 0 Å². The van der Waals surface area contributed by atoms with Gasteiger partial charge in [-0.3, -0.25) is 0 Å². The molecule has 1 heterocycles. The predicted molar refractivity (Wildman–Crippen MR) is 167 cm³/mol. The summed E-state index contributed by atoms with van der Waals surface area (Å²) in [6, 6.07) is 8.48. The maximum Gasteiger partial charge on any atom is 0.184 e. The van der Waals surface area contributed by atoms with Crippen molar-refractivity contribution < 1.29 is 46.8 Å². The van der Waals surface area contributed by atoms with Crippen LogP contribution in [-0.2, 0) is 13.0 Å². The topological polar surface area (TPSA) is 21.5 Å². The third-order valence-corrected chi connectivity index (χ3v) is 8.39. The lowest BCUT2D eigenvalue weighted by Gasteiger charge is -2.23. The summed E-state index contributed by atoms with van der Waals surface area (Å²) in [7, 11) is 1.71. The molecule has 3 nitrogen and oxygen atoms in total. The highest BCUT2D eigenvalue weighted by molar-refractivity contribution is 5.99. The Hall–Kier alpha value is -1.70. The summed E-state index contributed by atoms with van der Waals surface area (Å²) in [5.74, 6) is 0.105. The number of hydrogen-bond acceptors (Lipinski definition) is 2. The van der Waals surface area contributed by atoms with E-state index in [0.717, 1.165) is 49.3 Å². The van der Waals surface area contributed by atoms with Gasteiger partial charge in [0.2, 0.25) is 0 Å². The summed E-state index contributed by atoms with van der Waals surface area (Å²) in [6.45, 7) is 6.60. The fourth-order valence-corrected chi connectivity index (χ4v) is 5.98. The average molecular weight is 698 g/mol. The second kappa shape index (κ2) is 21.1. The van der Waals surface area contributed by atoms with Crippen LogP contribution in [0.5, 0.6) is 11.5 Å². The molecule has 0 aromatic heterocycles. The molecule has 0 N–H and O–H groups in total. The lowest BCUT2D eigenvalue weighted by Crippen LogP contribution is -3.00. The molecule has 0 spiro atoms. The molecular formula is C36H54F2INO2. The molecule has 0 atom stereocenters. The Balaban J connectivity index is 0.00000616. The highest BCUT2D eigenvalue weighted by atomic mass is 127. The third kappa shape index (κ3) is 11.8. The molecule has 0 fully saturated rings. The van der Waals surface area contributed by atoms with Crippen molar-refractivity contribution in [3.8, 4) is 11.5 Å². The summed E-state index contributed by atoms with van der Waals surface area (Å²) in [4.78, 5) is 0. The van der Waals surface area contributed by atoms with Crippen LogP contribution < -0.4 is 33.5 Å². The van der Waals surface area contributed by atoms with Crippen LogP contribution in [0.1, 0.15) is 133 Å². The molecule has 2 aromatic rings. The summed E-state index contributed by atoms with van der Waals surface area (Å²) in [5.41, 5.74) is 4.52. The van der Waals surface area contributed by atoms with Gasteiger partial charge in [0.25, 0.3) is 0 Å². The van der Waals surface area contributed by atoms with Gasteiger partial charge in [-0.25, -0.2) is 13.4 Å². The zero-order valence-electron chi connectivity index (χ0n) is 26.4. The van der Waals surface area contributed by atoms with Gasteiger partial charge in [0, 0.05) is 29.5 Å². The predicted octanol–water partition coefficient (Wildman–Crippen LogP) is 7.20. The largest absolute Gasteiger partial charge is 1.00 e. The van der Waals surface area contributed by atoms with Crippen molar-refractivity contribution in [2.24, 2.45) is 0 Å². The molecule has 42 heavy (non-hydrogen) atoms. The number of fused-ring (bicyclic) bond motifs is 1. The Kier molecular flexibility index (Phi) is 18.3. The maximum absolute atomic E-state index is 14.0.